The number of nitrogens with zero attached hydrogens (tertiary/aromatic N) is 6. The van der Waals surface area contributed by atoms with E-state index in [1.807, 2.05) is 0 Å². The zero-order chi connectivity index (χ0) is 21.5. The zero-order valence-electron chi connectivity index (χ0n) is 16.7. The van der Waals surface area contributed by atoms with Crippen molar-refractivity contribution < 1.29 is 22.0 Å². The van der Waals surface area contributed by atoms with E-state index in [-0.39, 0.29) is 42.7 Å². The van der Waals surface area contributed by atoms with E-state index in [2.05, 4.69) is 10.2 Å². The van der Waals surface area contributed by atoms with E-state index in [0.717, 1.165) is 0 Å². The summed E-state index contributed by atoms with van der Waals surface area (Å²) in [5.74, 6) is -0.286. The number of alkyl halides is 2. The molecule has 12 heteroatoms. The molecule has 0 saturated carbocycles. The summed E-state index contributed by atoms with van der Waals surface area (Å²) in [7, 11) is -2.03. The Kier molecular flexibility index (Phi) is 5.77. The summed E-state index contributed by atoms with van der Waals surface area (Å²) in [6.07, 6.45) is -1.38. The van der Waals surface area contributed by atoms with Gasteiger partial charge in [0.15, 0.2) is 0 Å². The third-order valence-electron chi connectivity index (χ3n) is 5.25. The molecule has 1 amide bonds. The Morgan fingerprint density at radius 3 is 2.28 bits per heavy atom. The number of rotatable bonds is 5. The van der Waals surface area contributed by atoms with E-state index in [0.29, 0.717) is 11.4 Å². The highest BCUT2D eigenvalue weighted by Crippen LogP contribution is 2.23. The molecule has 0 spiro atoms. The van der Waals surface area contributed by atoms with Crippen LogP contribution in [0.2, 0.25) is 0 Å². The first-order valence-electron chi connectivity index (χ1n) is 9.15. The van der Waals surface area contributed by atoms with Gasteiger partial charge in [-0.2, -0.15) is 14.5 Å². The Balaban J connectivity index is 1.69. The first-order valence-corrected chi connectivity index (χ1v) is 10.6. The van der Waals surface area contributed by atoms with E-state index in [9.17, 15) is 22.0 Å². The summed E-state index contributed by atoms with van der Waals surface area (Å²) in [6.45, 7) is 5.61. The monoisotopic (exact) mass is 430 g/mol. The summed E-state index contributed by atoms with van der Waals surface area (Å²) in [6, 6.07) is 0.501. The molecule has 0 bridgehead atoms. The van der Waals surface area contributed by atoms with Crippen LogP contribution >= 0.6 is 0 Å². The van der Waals surface area contributed by atoms with Gasteiger partial charge in [0.25, 0.3) is 6.43 Å². The molecule has 0 aliphatic carbocycles. The predicted molar refractivity (Wildman–Crippen MR) is 99.9 cm³/mol. The fourth-order valence-corrected chi connectivity index (χ4v) is 5.01. The van der Waals surface area contributed by atoms with E-state index >= 15 is 0 Å². The molecule has 29 heavy (non-hydrogen) atoms. The highest BCUT2D eigenvalue weighted by Gasteiger charge is 2.34. The van der Waals surface area contributed by atoms with Crippen LogP contribution in [-0.4, -0.2) is 69.3 Å². The number of hydrogen-bond acceptors (Lipinski definition) is 5. The van der Waals surface area contributed by atoms with Crippen molar-refractivity contribution in [3.8, 4) is 0 Å². The van der Waals surface area contributed by atoms with E-state index < -0.39 is 22.5 Å². The largest absolute Gasteiger partial charge is 0.338 e. The van der Waals surface area contributed by atoms with Crippen LogP contribution < -0.4 is 0 Å². The number of piperazine rings is 1. The van der Waals surface area contributed by atoms with Gasteiger partial charge in [-0.05, 0) is 26.8 Å². The van der Waals surface area contributed by atoms with E-state index in [1.54, 1.807) is 27.8 Å². The summed E-state index contributed by atoms with van der Waals surface area (Å²) in [4.78, 5) is 14.5. The third kappa shape index (κ3) is 3.90. The summed E-state index contributed by atoms with van der Waals surface area (Å²) < 4.78 is 55.5. The number of amides is 1. The van der Waals surface area contributed by atoms with Crippen molar-refractivity contribution in [3.05, 3.63) is 29.3 Å². The standard InChI is InChI=1S/C17H24F2N6O3S/c1-11-9-14(16(18)19)21-25(11)13(3)17(26)23-5-7-24(8-6-23)29(27,28)15-10-20-22(4)12(15)2/h9-10,13,16H,5-8H2,1-4H3. The lowest BCUT2D eigenvalue weighted by Crippen LogP contribution is -2.52. The van der Waals surface area contributed by atoms with Gasteiger partial charge in [-0.3, -0.25) is 14.2 Å². The summed E-state index contributed by atoms with van der Waals surface area (Å²) in [5, 5.41) is 7.82. The van der Waals surface area contributed by atoms with Crippen molar-refractivity contribution in [2.45, 2.75) is 38.1 Å². The molecule has 1 atom stereocenters. The van der Waals surface area contributed by atoms with E-state index in [1.165, 1.54) is 30.8 Å². The van der Waals surface area contributed by atoms with Crippen LogP contribution in [0.1, 0.15) is 36.5 Å². The molecule has 3 heterocycles. The average molecular weight is 430 g/mol. The van der Waals surface area contributed by atoms with Gasteiger partial charge in [0.05, 0.1) is 11.9 Å². The normalized spacial score (nSPS) is 17.1. The first-order chi connectivity index (χ1) is 13.5. The molecule has 3 rings (SSSR count). The Morgan fingerprint density at radius 1 is 1.17 bits per heavy atom. The number of aryl methyl sites for hydroxylation is 2. The fraction of sp³-hybridized carbons (Fsp3) is 0.588. The van der Waals surface area contributed by atoms with Gasteiger partial charge in [0, 0.05) is 38.9 Å². The van der Waals surface area contributed by atoms with Gasteiger partial charge < -0.3 is 4.90 Å². The number of carbonyl (C=O) groups excluding carboxylic acids is 1. The third-order valence-corrected chi connectivity index (χ3v) is 7.25. The lowest BCUT2D eigenvalue weighted by Gasteiger charge is -2.35. The van der Waals surface area contributed by atoms with Gasteiger partial charge >= 0.3 is 0 Å². The molecule has 1 aliphatic rings. The minimum absolute atomic E-state index is 0.148. The molecule has 9 nitrogen and oxygen atoms in total. The van der Waals surface area contributed by atoms with Gasteiger partial charge in [0.1, 0.15) is 16.6 Å². The van der Waals surface area contributed by atoms with Gasteiger partial charge in [-0.25, -0.2) is 17.2 Å². The zero-order valence-corrected chi connectivity index (χ0v) is 17.5. The Morgan fingerprint density at radius 2 is 1.79 bits per heavy atom. The second-order valence-electron chi connectivity index (χ2n) is 7.08. The molecule has 1 unspecified atom stereocenters. The Labute approximate surface area is 167 Å². The van der Waals surface area contributed by atoms with Crippen molar-refractivity contribution in [3.63, 3.8) is 0 Å². The van der Waals surface area contributed by atoms with Crippen LogP contribution in [0.3, 0.4) is 0 Å². The van der Waals surface area contributed by atoms with Crippen LogP contribution in [0, 0.1) is 13.8 Å². The number of halogens is 2. The smallest absolute Gasteiger partial charge is 0.282 e. The highest BCUT2D eigenvalue weighted by atomic mass is 32.2. The molecule has 1 aliphatic heterocycles. The fourth-order valence-electron chi connectivity index (χ4n) is 3.40. The van der Waals surface area contributed by atoms with Gasteiger partial charge in [0.2, 0.25) is 15.9 Å². The maximum Gasteiger partial charge on any atom is 0.282 e. The number of hydrogen-bond donors (Lipinski definition) is 0. The SMILES string of the molecule is Cc1c(S(=O)(=O)N2CCN(C(=O)C(C)n3nc(C(F)F)cc3C)CC2)cnn1C. The Hall–Kier alpha value is -2.34. The number of aromatic nitrogens is 4. The molecule has 0 aromatic carbocycles. The molecule has 2 aromatic rings. The summed E-state index contributed by atoms with van der Waals surface area (Å²) in [5.41, 5.74) is 0.639. The quantitative estimate of drug-likeness (QED) is 0.712. The molecule has 2 aromatic heterocycles. The lowest BCUT2D eigenvalue weighted by molar-refractivity contribution is -0.135. The minimum Gasteiger partial charge on any atom is -0.338 e. The summed E-state index contributed by atoms with van der Waals surface area (Å²) >= 11 is 0. The second-order valence-corrected chi connectivity index (χ2v) is 8.99. The molecule has 0 N–H and O–H groups in total. The second kappa shape index (κ2) is 7.82. The van der Waals surface area contributed by atoms with Crippen molar-refractivity contribution >= 4 is 15.9 Å². The average Bonchev–Trinajstić information content (AvgIpc) is 3.24. The highest BCUT2D eigenvalue weighted by molar-refractivity contribution is 7.89. The molecule has 1 fully saturated rings. The maximum atomic E-state index is 12.9. The van der Waals surface area contributed by atoms with Gasteiger partial charge in [-0.15, -0.1) is 0 Å². The number of sulfonamides is 1. The van der Waals surface area contributed by atoms with Crippen molar-refractivity contribution in [1.29, 1.82) is 0 Å². The number of carbonyl (C=O) groups is 1. The van der Waals surface area contributed by atoms with Gasteiger partial charge in [-0.1, -0.05) is 0 Å². The molecular weight excluding hydrogens is 406 g/mol. The van der Waals surface area contributed by atoms with Crippen LogP contribution in [0.5, 0.6) is 0 Å². The van der Waals surface area contributed by atoms with Crippen molar-refractivity contribution in [1.82, 2.24) is 28.8 Å². The predicted octanol–water partition coefficient (Wildman–Crippen LogP) is 1.27. The Bertz CT molecular complexity index is 1010. The van der Waals surface area contributed by atoms with Crippen LogP contribution in [0.25, 0.3) is 0 Å². The first kappa shape index (κ1) is 21.4. The molecule has 0 radical (unpaired) electrons. The molecule has 1 saturated heterocycles. The maximum absolute atomic E-state index is 12.9. The van der Waals surface area contributed by atoms with Crippen molar-refractivity contribution in [2.75, 3.05) is 26.2 Å². The van der Waals surface area contributed by atoms with E-state index in [4.69, 9.17) is 0 Å². The van der Waals surface area contributed by atoms with Crippen molar-refractivity contribution in [2.24, 2.45) is 7.05 Å². The topological polar surface area (TPSA) is 93.3 Å². The lowest BCUT2D eigenvalue weighted by atomic mass is 10.2. The van der Waals surface area contributed by atoms with Crippen LogP contribution in [0.4, 0.5) is 8.78 Å². The minimum atomic E-state index is -3.70. The van der Waals surface area contributed by atoms with Crippen LogP contribution in [-0.2, 0) is 21.9 Å². The molecule has 160 valence electrons. The van der Waals surface area contributed by atoms with Crippen LogP contribution in [0.15, 0.2) is 17.2 Å². The molecular formula is C17H24F2N6O3S.